The van der Waals surface area contributed by atoms with Gasteiger partial charge in [-0.3, -0.25) is 4.79 Å². The minimum Gasteiger partial charge on any atom is -0.310 e. The first-order chi connectivity index (χ1) is 9.95. The van der Waals surface area contributed by atoms with E-state index in [0.717, 1.165) is 14.9 Å². The number of aromatic nitrogens is 1. The molecule has 0 unspecified atom stereocenters. The van der Waals surface area contributed by atoms with E-state index in [-0.39, 0.29) is 5.91 Å². The van der Waals surface area contributed by atoms with Gasteiger partial charge in [0, 0.05) is 15.6 Å². The number of carbonyl (C=O) groups excluding carboxylic acids is 1. The summed E-state index contributed by atoms with van der Waals surface area (Å²) in [5.41, 5.74) is 3.41. The lowest BCUT2D eigenvalue weighted by Crippen LogP contribution is -2.15. The summed E-state index contributed by atoms with van der Waals surface area (Å²) in [5, 5.41) is 2.82. The van der Waals surface area contributed by atoms with Gasteiger partial charge in [0.15, 0.2) is 0 Å². The smallest absolute Gasteiger partial charge is 0.235 e. The molecular formula is C16H17BrN2OS. The highest BCUT2D eigenvalue weighted by molar-refractivity contribution is 9.10. The zero-order chi connectivity index (χ0) is 15.4. The van der Waals surface area contributed by atoms with E-state index in [1.807, 2.05) is 32.9 Å². The maximum absolute atomic E-state index is 12.0. The maximum atomic E-state index is 12.0. The number of nitrogens with zero attached hydrogens (tertiary/aromatic N) is 1. The molecule has 0 aliphatic carbocycles. The van der Waals surface area contributed by atoms with Crippen LogP contribution in [-0.2, 0) is 4.79 Å². The second-order valence-electron chi connectivity index (χ2n) is 4.92. The number of amides is 1. The number of benzene rings is 1. The van der Waals surface area contributed by atoms with Crippen molar-refractivity contribution in [2.75, 3.05) is 11.1 Å². The van der Waals surface area contributed by atoms with E-state index in [9.17, 15) is 4.79 Å². The number of nitrogens with one attached hydrogen (secondary N) is 1. The molecule has 0 bridgehead atoms. The molecule has 1 aromatic heterocycles. The summed E-state index contributed by atoms with van der Waals surface area (Å²) in [6.07, 6.45) is 1.69. The number of halogens is 1. The van der Waals surface area contributed by atoms with Crippen LogP contribution in [0, 0.1) is 20.8 Å². The van der Waals surface area contributed by atoms with Gasteiger partial charge in [0.25, 0.3) is 0 Å². The molecule has 0 saturated heterocycles. The van der Waals surface area contributed by atoms with Crippen LogP contribution in [0.4, 0.5) is 5.82 Å². The van der Waals surface area contributed by atoms with E-state index in [1.165, 1.54) is 11.1 Å². The Morgan fingerprint density at radius 1 is 1.24 bits per heavy atom. The van der Waals surface area contributed by atoms with Crippen molar-refractivity contribution in [2.45, 2.75) is 25.7 Å². The standard InChI is InChI=1S/C16H17BrN2OS/c1-10-4-5-18-15(6-10)19-16(20)9-21-14-8-11(2)13(17)7-12(14)3/h4-8H,9H2,1-3H3,(H,18,19,20). The SMILES string of the molecule is Cc1ccnc(NC(=O)CSc2cc(C)c(Br)cc2C)c1. The summed E-state index contributed by atoms with van der Waals surface area (Å²) >= 11 is 5.06. The third-order valence-electron chi connectivity index (χ3n) is 3.00. The normalized spacial score (nSPS) is 10.5. The number of pyridine rings is 1. The van der Waals surface area contributed by atoms with Gasteiger partial charge in [-0.2, -0.15) is 0 Å². The molecule has 0 atom stereocenters. The number of hydrogen-bond donors (Lipinski definition) is 1. The van der Waals surface area contributed by atoms with Crippen LogP contribution in [0.5, 0.6) is 0 Å². The Kier molecular flexibility index (Phi) is 5.42. The molecule has 21 heavy (non-hydrogen) atoms. The van der Waals surface area contributed by atoms with Crippen LogP contribution in [-0.4, -0.2) is 16.6 Å². The molecule has 5 heteroatoms. The second-order valence-corrected chi connectivity index (χ2v) is 6.79. The zero-order valence-corrected chi connectivity index (χ0v) is 14.6. The molecule has 0 radical (unpaired) electrons. The van der Waals surface area contributed by atoms with Gasteiger partial charge in [-0.15, -0.1) is 11.8 Å². The number of anilines is 1. The molecule has 0 fully saturated rings. The van der Waals surface area contributed by atoms with Gasteiger partial charge in [0.05, 0.1) is 5.75 Å². The van der Waals surface area contributed by atoms with Crippen molar-refractivity contribution in [3.63, 3.8) is 0 Å². The minimum absolute atomic E-state index is 0.0435. The van der Waals surface area contributed by atoms with Gasteiger partial charge >= 0.3 is 0 Å². The fourth-order valence-corrected chi connectivity index (χ4v) is 3.20. The van der Waals surface area contributed by atoms with Crippen LogP contribution in [0.3, 0.4) is 0 Å². The number of carbonyl (C=O) groups is 1. The maximum Gasteiger partial charge on any atom is 0.235 e. The van der Waals surface area contributed by atoms with Crippen LogP contribution in [0.2, 0.25) is 0 Å². The Hall–Kier alpha value is -1.33. The molecule has 0 saturated carbocycles. The van der Waals surface area contributed by atoms with Crippen molar-refractivity contribution in [1.29, 1.82) is 0 Å². The highest BCUT2D eigenvalue weighted by Crippen LogP contribution is 2.28. The first-order valence-corrected chi connectivity index (χ1v) is 8.35. The Balaban J connectivity index is 1.97. The lowest BCUT2D eigenvalue weighted by Gasteiger charge is -2.09. The molecule has 1 N–H and O–H groups in total. The first kappa shape index (κ1) is 16.0. The van der Waals surface area contributed by atoms with Gasteiger partial charge < -0.3 is 5.32 Å². The predicted octanol–water partition coefficient (Wildman–Crippen LogP) is 4.50. The van der Waals surface area contributed by atoms with Crippen LogP contribution in [0.25, 0.3) is 0 Å². The van der Waals surface area contributed by atoms with Crippen LogP contribution >= 0.6 is 27.7 Å². The summed E-state index contributed by atoms with van der Waals surface area (Å²) < 4.78 is 1.10. The number of rotatable bonds is 4. The largest absolute Gasteiger partial charge is 0.310 e. The quantitative estimate of drug-likeness (QED) is 0.812. The van der Waals surface area contributed by atoms with Crippen molar-refractivity contribution >= 4 is 39.4 Å². The minimum atomic E-state index is -0.0435. The first-order valence-electron chi connectivity index (χ1n) is 6.58. The summed E-state index contributed by atoms with van der Waals surface area (Å²) in [6, 6.07) is 7.94. The fourth-order valence-electron chi connectivity index (χ4n) is 1.84. The molecule has 2 aromatic rings. The molecule has 3 nitrogen and oxygen atoms in total. The van der Waals surface area contributed by atoms with Crippen LogP contribution < -0.4 is 5.32 Å². The lowest BCUT2D eigenvalue weighted by atomic mass is 10.2. The topological polar surface area (TPSA) is 42.0 Å². The Bertz CT molecular complexity index is 673. The van der Waals surface area contributed by atoms with E-state index in [2.05, 4.69) is 38.4 Å². The van der Waals surface area contributed by atoms with Gasteiger partial charge in [-0.25, -0.2) is 4.98 Å². The van der Waals surface area contributed by atoms with Crippen molar-refractivity contribution in [3.05, 3.63) is 51.6 Å². The average Bonchev–Trinajstić information content (AvgIpc) is 2.41. The number of aryl methyl sites for hydroxylation is 3. The molecule has 1 amide bonds. The van der Waals surface area contributed by atoms with Crippen LogP contribution in [0.1, 0.15) is 16.7 Å². The Labute approximate surface area is 137 Å². The van der Waals surface area contributed by atoms with Crippen molar-refractivity contribution < 1.29 is 4.79 Å². The lowest BCUT2D eigenvalue weighted by molar-refractivity contribution is -0.113. The molecule has 110 valence electrons. The van der Waals surface area contributed by atoms with Crippen molar-refractivity contribution in [2.24, 2.45) is 0 Å². The number of hydrogen-bond acceptors (Lipinski definition) is 3. The van der Waals surface area contributed by atoms with Crippen molar-refractivity contribution in [3.8, 4) is 0 Å². The average molecular weight is 365 g/mol. The highest BCUT2D eigenvalue weighted by atomic mass is 79.9. The molecule has 0 spiro atoms. The third-order valence-corrected chi connectivity index (χ3v) is 5.01. The monoisotopic (exact) mass is 364 g/mol. The van der Waals surface area contributed by atoms with E-state index < -0.39 is 0 Å². The van der Waals surface area contributed by atoms with E-state index in [4.69, 9.17) is 0 Å². The summed E-state index contributed by atoms with van der Waals surface area (Å²) in [7, 11) is 0. The summed E-state index contributed by atoms with van der Waals surface area (Å²) in [5.74, 6) is 0.930. The van der Waals surface area contributed by atoms with E-state index in [1.54, 1.807) is 18.0 Å². The van der Waals surface area contributed by atoms with Crippen LogP contribution in [0.15, 0.2) is 39.8 Å². The Morgan fingerprint density at radius 3 is 2.71 bits per heavy atom. The zero-order valence-electron chi connectivity index (χ0n) is 12.2. The van der Waals surface area contributed by atoms with Crippen molar-refractivity contribution in [1.82, 2.24) is 4.98 Å². The summed E-state index contributed by atoms with van der Waals surface area (Å²) in [4.78, 5) is 17.2. The highest BCUT2D eigenvalue weighted by Gasteiger charge is 2.08. The molecule has 1 aromatic carbocycles. The molecule has 0 aliphatic rings. The second kappa shape index (κ2) is 7.09. The molecule has 1 heterocycles. The predicted molar refractivity (Wildman–Crippen MR) is 91.9 cm³/mol. The van der Waals surface area contributed by atoms with E-state index >= 15 is 0 Å². The fraction of sp³-hybridized carbons (Fsp3) is 0.250. The van der Waals surface area contributed by atoms with Gasteiger partial charge in [-0.05, 0) is 61.7 Å². The van der Waals surface area contributed by atoms with Gasteiger partial charge in [0.2, 0.25) is 5.91 Å². The molecule has 2 rings (SSSR count). The van der Waals surface area contributed by atoms with Gasteiger partial charge in [0.1, 0.15) is 5.82 Å². The molecule has 0 aliphatic heterocycles. The van der Waals surface area contributed by atoms with E-state index in [0.29, 0.717) is 11.6 Å². The molecular weight excluding hydrogens is 348 g/mol. The summed E-state index contributed by atoms with van der Waals surface area (Å²) in [6.45, 7) is 6.07. The third kappa shape index (κ3) is 4.58. The Morgan fingerprint density at radius 2 is 2.00 bits per heavy atom. The number of thioether (sulfide) groups is 1. The van der Waals surface area contributed by atoms with Gasteiger partial charge in [-0.1, -0.05) is 15.9 Å².